The van der Waals surface area contributed by atoms with E-state index in [-0.39, 0.29) is 10.8 Å². The Balaban J connectivity index is 1.40. The highest BCUT2D eigenvalue weighted by Gasteiger charge is 2.44. The summed E-state index contributed by atoms with van der Waals surface area (Å²) in [5, 5.41) is 13.6. The van der Waals surface area contributed by atoms with E-state index in [0.717, 1.165) is 0 Å². The summed E-state index contributed by atoms with van der Waals surface area (Å²) in [7, 11) is 0. The van der Waals surface area contributed by atoms with E-state index in [9.17, 15) is 0 Å². The fourth-order valence-corrected chi connectivity index (χ4v) is 11.0. The first-order chi connectivity index (χ1) is 26.3. The smallest absolute Gasteiger partial charge is 0.0165 e. The zero-order chi connectivity index (χ0) is 36.1. The van der Waals surface area contributed by atoms with E-state index in [4.69, 9.17) is 0 Å². The molecule has 0 bridgehead atoms. The highest BCUT2D eigenvalue weighted by molar-refractivity contribution is 6.35. The largest absolute Gasteiger partial charge is 0.0622 e. The van der Waals surface area contributed by atoms with Gasteiger partial charge < -0.3 is 0 Å². The summed E-state index contributed by atoms with van der Waals surface area (Å²) in [6.45, 7) is 9.86. The van der Waals surface area contributed by atoms with Crippen molar-refractivity contribution in [2.24, 2.45) is 0 Å². The summed E-state index contributed by atoms with van der Waals surface area (Å²) < 4.78 is 0. The molecule has 254 valence electrons. The Morgan fingerprint density at radius 3 is 1.09 bits per heavy atom. The minimum Gasteiger partial charge on any atom is -0.0622 e. The molecule has 0 nitrogen and oxygen atoms in total. The summed E-state index contributed by atoms with van der Waals surface area (Å²) >= 11 is 0. The van der Waals surface area contributed by atoms with Crippen LogP contribution in [0.2, 0.25) is 0 Å². The average Bonchev–Trinajstić information content (AvgIpc) is 3.61. The Bertz CT molecular complexity index is 3010. The molecule has 0 aromatic heterocycles. The van der Waals surface area contributed by atoms with E-state index in [1.807, 2.05) is 0 Å². The van der Waals surface area contributed by atoms with Crippen LogP contribution in [0.1, 0.15) is 49.9 Å². The van der Waals surface area contributed by atoms with E-state index < -0.39 is 0 Å². The van der Waals surface area contributed by atoms with Crippen LogP contribution in [0, 0.1) is 0 Å². The molecule has 0 atom stereocenters. The standard InChI is InChI=1S/C54H38/c1-53(2)43-25-23-33-19-11-13-21-37(33)47(43)49-39-27-36(32-17-9-6-10-18-32)30-42-46(39)45-40(28-35(29-41(45)51(49)53)31-15-7-5-8-16-31)50-48-38-22-14-12-20-34(38)24-26-44(48)54(3,4)52(42)50/h5-30H,1-4H3. The molecule has 0 saturated heterocycles. The fraction of sp³-hybridized carbons (Fsp3) is 0.111. The van der Waals surface area contributed by atoms with E-state index >= 15 is 0 Å². The lowest BCUT2D eigenvalue weighted by Crippen LogP contribution is -2.17. The topological polar surface area (TPSA) is 0 Å². The molecule has 0 saturated carbocycles. The molecule has 0 spiro atoms. The number of fused-ring (bicyclic) bond motifs is 14. The second kappa shape index (κ2) is 10.2. The summed E-state index contributed by atoms with van der Waals surface area (Å²) in [6, 6.07) is 59.8. The Morgan fingerprint density at radius 1 is 0.296 bits per heavy atom. The van der Waals surface area contributed by atoms with Crippen molar-refractivity contribution in [3.8, 4) is 44.5 Å². The molecular weight excluding hydrogens is 649 g/mol. The number of benzene rings is 10. The molecule has 12 rings (SSSR count). The predicted molar refractivity (Wildman–Crippen MR) is 231 cm³/mol. The molecule has 0 radical (unpaired) electrons. The van der Waals surface area contributed by atoms with Crippen LogP contribution in [0.4, 0.5) is 0 Å². The lowest BCUT2D eigenvalue weighted by Gasteiger charge is -2.29. The molecule has 0 fully saturated rings. The minimum absolute atomic E-state index is 0.216. The van der Waals surface area contributed by atoms with Crippen LogP contribution in [0.25, 0.3) is 98.4 Å². The molecule has 0 N–H and O–H groups in total. The Labute approximate surface area is 315 Å². The molecule has 0 unspecified atom stereocenters. The lowest BCUT2D eigenvalue weighted by atomic mass is 9.74. The summed E-state index contributed by atoms with van der Waals surface area (Å²) in [5.74, 6) is 0. The second-order valence-corrected chi connectivity index (χ2v) is 16.8. The Hall–Kier alpha value is -6.24. The molecule has 0 heteroatoms. The third-order valence-electron chi connectivity index (χ3n) is 13.3. The minimum atomic E-state index is -0.216. The third-order valence-corrected chi connectivity index (χ3v) is 13.3. The third kappa shape index (κ3) is 3.68. The first-order valence-electron chi connectivity index (χ1n) is 19.4. The van der Waals surface area contributed by atoms with E-state index in [1.165, 1.54) is 121 Å². The Morgan fingerprint density at radius 2 is 0.667 bits per heavy atom. The maximum Gasteiger partial charge on any atom is 0.0165 e. The molecule has 10 aromatic carbocycles. The first kappa shape index (κ1) is 30.2. The monoisotopic (exact) mass is 686 g/mol. The van der Waals surface area contributed by atoms with E-state index in [1.54, 1.807) is 0 Å². The molecule has 54 heavy (non-hydrogen) atoms. The maximum absolute atomic E-state index is 2.53. The van der Waals surface area contributed by atoms with Gasteiger partial charge in [-0.2, -0.15) is 0 Å². The van der Waals surface area contributed by atoms with Gasteiger partial charge >= 0.3 is 0 Å². The van der Waals surface area contributed by atoms with Crippen LogP contribution in [0.5, 0.6) is 0 Å². The van der Waals surface area contributed by atoms with Gasteiger partial charge in [0, 0.05) is 10.8 Å². The van der Waals surface area contributed by atoms with Crippen molar-refractivity contribution in [1.82, 2.24) is 0 Å². The van der Waals surface area contributed by atoms with Gasteiger partial charge in [0.25, 0.3) is 0 Å². The molecule has 2 aliphatic rings. The van der Waals surface area contributed by atoms with Gasteiger partial charge in [-0.1, -0.05) is 161 Å². The van der Waals surface area contributed by atoms with E-state index in [2.05, 4.69) is 185 Å². The van der Waals surface area contributed by atoms with Crippen molar-refractivity contribution in [1.29, 1.82) is 0 Å². The zero-order valence-corrected chi connectivity index (χ0v) is 31.0. The number of hydrogen-bond acceptors (Lipinski definition) is 0. The second-order valence-electron chi connectivity index (χ2n) is 16.8. The van der Waals surface area contributed by atoms with Crippen LogP contribution in [0.15, 0.2) is 158 Å². The van der Waals surface area contributed by atoms with Crippen LogP contribution in [-0.2, 0) is 10.8 Å². The van der Waals surface area contributed by atoms with Crippen molar-refractivity contribution in [3.05, 3.63) is 180 Å². The van der Waals surface area contributed by atoms with Crippen molar-refractivity contribution in [2.45, 2.75) is 38.5 Å². The summed E-state index contributed by atoms with van der Waals surface area (Å²) in [6.07, 6.45) is 0. The van der Waals surface area contributed by atoms with Crippen molar-refractivity contribution < 1.29 is 0 Å². The predicted octanol–water partition coefficient (Wildman–Crippen LogP) is 14.8. The Kier molecular flexibility index (Phi) is 5.74. The molecule has 0 amide bonds. The zero-order valence-electron chi connectivity index (χ0n) is 31.0. The highest BCUT2D eigenvalue weighted by Crippen LogP contribution is 2.63. The van der Waals surface area contributed by atoms with Gasteiger partial charge in [0.1, 0.15) is 0 Å². The van der Waals surface area contributed by atoms with Gasteiger partial charge in [-0.25, -0.2) is 0 Å². The van der Waals surface area contributed by atoms with Gasteiger partial charge in [-0.3, -0.25) is 0 Å². The maximum atomic E-state index is 2.53. The lowest BCUT2D eigenvalue weighted by molar-refractivity contribution is 0.666. The van der Waals surface area contributed by atoms with Crippen molar-refractivity contribution in [2.75, 3.05) is 0 Å². The van der Waals surface area contributed by atoms with Gasteiger partial charge in [-0.15, -0.1) is 0 Å². The normalized spacial score (nSPS) is 15.0. The van der Waals surface area contributed by atoms with Crippen LogP contribution in [0.3, 0.4) is 0 Å². The molecule has 2 aliphatic carbocycles. The molecule has 0 heterocycles. The molecule has 10 aromatic rings. The van der Waals surface area contributed by atoms with Gasteiger partial charge in [0.2, 0.25) is 0 Å². The van der Waals surface area contributed by atoms with Crippen molar-refractivity contribution >= 4 is 53.9 Å². The highest BCUT2D eigenvalue weighted by atomic mass is 14.5. The fourth-order valence-electron chi connectivity index (χ4n) is 11.0. The molecular formula is C54H38. The van der Waals surface area contributed by atoms with E-state index in [0.29, 0.717) is 0 Å². The average molecular weight is 687 g/mol. The van der Waals surface area contributed by atoms with Gasteiger partial charge in [-0.05, 0) is 145 Å². The number of hydrogen-bond donors (Lipinski definition) is 0. The van der Waals surface area contributed by atoms with Crippen LogP contribution < -0.4 is 0 Å². The quantitative estimate of drug-likeness (QED) is 0.159. The summed E-state index contributed by atoms with van der Waals surface area (Å²) in [4.78, 5) is 0. The van der Waals surface area contributed by atoms with Crippen LogP contribution in [-0.4, -0.2) is 0 Å². The summed E-state index contributed by atoms with van der Waals surface area (Å²) in [5.41, 5.74) is 16.0. The SMILES string of the molecule is CC1(C)c2ccc3ccccc3c2-c2c1c1cc(-c3ccccc3)cc3c4c(c5cc(-c6ccccc6)cc2c5c31)C(C)(C)c1ccc2ccccc2c1-4. The van der Waals surface area contributed by atoms with Crippen molar-refractivity contribution in [3.63, 3.8) is 0 Å². The number of rotatable bonds is 2. The first-order valence-corrected chi connectivity index (χ1v) is 19.4. The van der Waals surface area contributed by atoms with Crippen LogP contribution >= 0.6 is 0 Å². The molecule has 0 aliphatic heterocycles. The van der Waals surface area contributed by atoms with Gasteiger partial charge in [0.15, 0.2) is 0 Å². The van der Waals surface area contributed by atoms with Gasteiger partial charge in [0.05, 0.1) is 0 Å².